The molecule has 9 heteroatoms. The number of hydrogen-bond donors (Lipinski definition) is 1. The molecule has 0 aliphatic heterocycles. The van der Waals surface area contributed by atoms with E-state index >= 15 is 0 Å². The molecule has 0 spiro atoms. The monoisotopic (exact) mass is 541 g/mol. The van der Waals surface area contributed by atoms with Gasteiger partial charge in [-0.05, 0) is 70.1 Å². The summed E-state index contributed by atoms with van der Waals surface area (Å²) >= 11 is 14.9. The van der Waals surface area contributed by atoms with Crippen molar-refractivity contribution in [1.82, 2.24) is 0 Å². The van der Waals surface area contributed by atoms with Crippen LogP contribution in [0.25, 0.3) is 0 Å². The highest BCUT2D eigenvalue weighted by atomic mass is 127. The summed E-state index contributed by atoms with van der Waals surface area (Å²) in [5, 5.41) is 15.5. The SMILES string of the molecule is O=[N+]([O-])c1ccc(N/N=C/c2cc(Cl)c(OCc3ccc(I)cc3)c(Cl)c2)cc1. The maximum Gasteiger partial charge on any atom is 0.269 e. The van der Waals surface area contributed by atoms with Crippen molar-refractivity contribution < 1.29 is 9.66 Å². The average Bonchev–Trinajstić information content (AvgIpc) is 2.69. The number of anilines is 1. The van der Waals surface area contributed by atoms with Gasteiger partial charge in [0.25, 0.3) is 5.69 Å². The number of rotatable bonds is 7. The Labute approximate surface area is 190 Å². The Balaban J connectivity index is 1.64. The first-order valence-electron chi connectivity index (χ1n) is 8.32. The Kier molecular flexibility index (Phi) is 7.29. The first kappa shape index (κ1) is 21.4. The summed E-state index contributed by atoms with van der Waals surface area (Å²) in [6.45, 7) is 0.353. The fraction of sp³-hybridized carbons (Fsp3) is 0.0500. The number of ether oxygens (including phenoxy) is 1. The van der Waals surface area contributed by atoms with E-state index in [0.717, 1.165) is 9.13 Å². The molecule has 0 heterocycles. The molecule has 0 aromatic heterocycles. The van der Waals surface area contributed by atoms with Gasteiger partial charge in [-0.25, -0.2) is 0 Å². The van der Waals surface area contributed by atoms with Crippen molar-refractivity contribution in [3.05, 3.63) is 95.5 Å². The van der Waals surface area contributed by atoms with Gasteiger partial charge >= 0.3 is 0 Å². The van der Waals surface area contributed by atoms with Crippen molar-refractivity contribution in [2.24, 2.45) is 5.10 Å². The molecular weight excluding hydrogens is 528 g/mol. The van der Waals surface area contributed by atoms with E-state index in [0.29, 0.717) is 33.7 Å². The number of hydrazone groups is 1. The molecule has 0 aliphatic carbocycles. The smallest absolute Gasteiger partial charge is 0.269 e. The van der Waals surface area contributed by atoms with Gasteiger partial charge < -0.3 is 4.74 Å². The Morgan fingerprint density at radius 3 is 2.28 bits per heavy atom. The van der Waals surface area contributed by atoms with Gasteiger partial charge in [-0.2, -0.15) is 5.10 Å². The molecule has 0 amide bonds. The summed E-state index contributed by atoms with van der Waals surface area (Å²) in [4.78, 5) is 10.2. The zero-order chi connectivity index (χ0) is 20.8. The number of halogens is 3. The second-order valence-corrected chi connectivity index (χ2v) is 7.96. The number of nitro groups is 1. The summed E-state index contributed by atoms with van der Waals surface area (Å²) in [5.41, 5.74) is 5.10. The molecule has 0 fully saturated rings. The van der Waals surface area contributed by atoms with E-state index in [1.165, 1.54) is 12.1 Å². The van der Waals surface area contributed by atoms with Crippen LogP contribution in [-0.2, 0) is 6.61 Å². The van der Waals surface area contributed by atoms with E-state index in [4.69, 9.17) is 27.9 Å². The van der Waals surface area contributed by atoms with Crippen LogP contribution in [-0.4, -0.2) is 11.1 Å². The fourth-order valence-electron chi connectivity index (χ4n) is 2.37. The Morgan fingerprint density at radius 1 is 1.07 bits per heavy atom. The Bertz CT molecular complexity index is 1020. The highest BCUT2D eigenvalue weighted by Gasteiger charge is 2.10. The van der Waals surface area contributed by atoms with E-state index in [9.17, 15) is 10.1 Å². The second kappa shape index (κ2) is 9.91. The third-order valence-electron chi connectivity index (χ3n) is 3.80. The van der Waals surface area contributed by atoms with Crippen LogP contribution in [0, 0.1) is 13.7 Å². The molecule has 0 atom stereocenters. The normalized spacial score (nSPS) is 10.9. The van der Waals surface area contributed by atoms with Crippen LogP contribution in [0.4, 0.5) is 11.4 Å². The number of nitrogens with zero attached hydrogens (tertiary/aromatic N) is 2. The van der Waals surface area contributed by atoms with Crippen LogP contribution in [0.5, 0.6) is 5.75 Å². The van der Waals surface area contributed by atoms with Gasteiger partial charge in [-0.15, -0.1) is 0 Å². The standard InChI is InChI=1S/C20H14Cl2IN3O3/c21-18-9-14(11-24-25-16-5-7-17(8-6-16)26(27)28)10-19(22)20(18)29-12-13-1-3-15(23)4-2-13/h1-11,25H,12H2/b24-11+. The molecule has 0 saturated carbocycles. The maximum atomic E-state index is 10.7. The van der Waals surface area contributed by atoms with Crippen molar-refractivity contribution >= 4 is 63.4 Å². The topological polar surface area (TPSA) is 76.8 Å². The molecule has 0 saturated heterocycles. The molecule has 3 aromatic rings. The zero-order valence-electron chi connectivity index (χ0n) is 14.8. The molecule has 1 N–H and O–H groups in total. The van der Waals surface area contributed by atoms with Crippen LogP contribution in [0.2, 0.25) is 10.0 Å². The first-order chi connectivity index (χ1) is 13.9. The van der Waals surface area contributed by atoms with Gasteiger partial charge in [0.1, 0.15) is 6.61 Å². The van der Waals surface area contributed by atoms with E-state index < -0.39 is 4.92 Å². The molecule has 29 heavy (non-hydrogen) atoms. The minimum Gasteiger partial charge on any atom is -0.486 e. The van der Waals surface area contributed by atoms with E-state index in [1.54, 1.807) is 30.5 Å². The number of nitrogens with one attached hydrogen (secondary N) is 1. The van der Waals surface area contributed by atoms with Gasteiger partial charge in [-0.3, -0.25) is 15.5 Å². The van der Waals surface area contributed by atoms with Gasteiger partial charge in [0.05, 0.1) is 26.9 Å². The minimum atomic E-state index is -0.459. The summed E-state index contributed by atoms with van der Waals surface area (Å²) in [6, 6.07) is 17.3. The van der Waals surface area contributed by atoms with Crippen LogP contribution in [0.1, 0.15) is 11.1 Å². The largest absolute Gasteiger partial charge is 0.486 e. The van der Waals surface area contributed by atoms with Crippen molar-refractivity contribution in [3.63, 3.8) is 0 Å². The molecule has 3 aromatic carbocycles. The van der Waals surface area contributed by atoms with E-state index in [2.05, 4.69) is 33.1 Å². The van der Waals surface area contributed by atoms with Crippen molar-refractivity contribution in [2.75, 3.05) is 5.43 Å². The number of non-ortho nitro benzene ring substituents is 1. The molecular formula is C20H14Cl2IN3O3. The molecule has 0 radical (unpaired) electrons. The fourth-order valence-corrected chi connectivity index (χ4v) is 3.34. The second-order valence-electron chi connectivity index (χ2n) is 5.90. The highest BCUT2D eigenvalue weighted by molar-refractivity contribution is 14.1. The lowest BCUT2D eigenvalue weighted by Gasteiger charge is -2.11. The molecule has 3 rings (SSSR count). The van der Waals surface area contributed by atoms with Crippen molar-refractivity contribution in [1.29, 1.82) is 0 Å². The quantitative estimate of drug-likeness (QED) is 0.160. The van der Waals surface area contributed by atoms with Gasteiger partial charge in [-0.1, -0.05) is 35.3 Å². The third-order valence-corrected chi connectivity index (χ3v) is 5.08. The Morgan fingerprint density at radius 2 is 1.69 bits per heavy atom. The summed E-state index contributed by atoms with van der Waals surface area (Å²) in [6.07, 6.45) is 1.54. The molecule has 148 valence electrons. The zero-order valence-corrected chi connectivity index (χ0v) is 18.5. The van der Waals surface area contributed by atoms with Crippen LogP contribution >= 0.6 is 45.8 Å². The van der Waals surface area contributed by atoms with Crippen LogP contribution < -0.4 is 10.2 Å². The highest BCUT2D eigenvalue weighted by Crippen LogP contribution is 2.34. The summed E-state index contributed by atoms with van der Waals surface area (Å²) in [5.74, 6) is 0.410. The lowest BCUT2D eigenvalue weighted by atomic mass is 10.2. The van der Waals surface area contributed by atoms with Gasteiger partial charge in [0.15, 0.2) is 5.75 Å². The molecule has 0 unspecified atom stereocenters. The average molecular weight is 542 g/mol. The molecule has 0 aliphatic rings. The Hall–Kier alpha value is -2.36. The molecule has 6 nitrogen and oxygen atoms in total. The van der Waals surface area contributed by atoms with Crippen molar-refractivity contribution in [2.45, 2.75) is 6.61 Å². The van der Waals surface area contributed by atoms with Gasteiger partial charge in [0, 0.05) is 15.7 Å². The lowest BCUT2D eigenvalue weighted by molar-refractivity contribution is -0.384. The number of benzene rings is 3. The third kappa shape index (κ3) is 6.06. The summed E-state index contributed by atoms with van der Waals surface area (Å²) in [7, 11) is 0. The predicted molar refractivity (Wildman–Crippen MR) is 124 cm³/mol. The minimum absolute atomic E-state index is 0.0129. The number of hydrogen-bond acceptors (Lipinski definition) is 5. The lowest BCUT2D eigenvalue weighted by Crippen LogP contribution is -1.98. The molecule has 0 bridgehead atoms. The number of nitro benzene ring substituents is 1. The van der Waals surface area contributed by atoms with Crippen molar-refractivity contribution in [3.8, 4) is 5.75 Å². The summed E-state index contributed by atoms with van der Waals surface area (Å²) < 4.78 is 6.92. The van der Waals surface area contributed by atoms with Crippen LogP contribution in [0.15, 0.2) is 65.8 Å². The van der Waals surface area contributed by atoms with E-state index in [-0.39, 0.29) is 5.69 Å². The van der Waals surface area contributed by atoms with Gasteiger partial charge in [0.2, 0.25) is 0 Å². The maximum absolute atomic E-state index is 10.7. The first-order valence-corrected chi connectivity index (χ1v) is 10.2. The van der Waals surface area contributed by atoms with E-state index in [1.807, 2.05) is 24.3 Å². The predicted octanol–water partition coefficient (Wildman–Crippen LogP) is 6.53. The van der Waals surface area contributed by atoms with Crippen LogP contribution in [0.3, 0.4) is 0 Å².